The summed E-state index contributed by atoms with van der Waals surface area (Å²) in [7, 11) is 11.8. The lowest BCUT2D eigenvalue weighted by Gasteiger charge is -2.39. The molecule has 252 valence electrons. The summed E-state index contributed by atoms with van der Waals surface area (Å²) in [4.78, 5) is 17.1. The van der Waals surface area contributed by atoms with E-state index in [-0.39, 0.29) is 6.04 Å². The number of nitrogens with zero attached hydrogens (tertiary/aromatic N) is 5. The van der Waals surface area contributed by atoms with E-state index in [0.29, 0.717) is 60.0 Å². The van der Waals surface area contributed by atoms with Crippen molar-refractivity contribution in [3.63, 3.8) is 0 Å². The zero-order valence-corrected chi connectivity index (χ0v) is 28.5. The van der Waals surface area contributed by atoms with Gasteiger partial charge in [0.05, 0.1) is 55.0 Å². The van der Waals surface area contributed by atoms with Gasteiger partial charge in [-0.1, -0.05) is 12.1 Å². The highest BCUT2D eigenvalue weighted by molar-refractivity contribution is 5.85. The van der Waals surface area contributed by atoms with Gasteiger partial charge in [0.1, 0.15) is 0 Å². The summed E-state index contributed by atoms with van der Waals surface area (Å²) in [5, 5.41) is 3.46. The van der Waals surface area contributed by atoms with Gasteiger partial charge in [-0.05, 0) is 77.9 Å². The van der Waals surface area contributed by atoms with Crippen molar-refractivity contribution in [2.24, 2.45) is 7.05 Å². The molecular formula is C36H42N6O6. The average Bonchev–Trinajstić information content (AvgIpc) is 3.50. The van der Waals surface area contributed by atoms with E-state index < -0.39 is 0 Å². The van der Waals surface area contributed by atoms with Gasteiger partial charge in [0, 0.05) is 20.1 Å². The number of methoxy groups -OCH3 is 6. The zero-order valence-electron chi connectivity index (χ0n) is 28.5. The molecule has 1 N–H and O–H groups in total. The lowest BCUT2D eigenvalue weighted by Crippen LogP contribution is -2.37. The zero-order chi connectivity index (χ0) is 33.8. The molecule has 1 aliphatic rings. The van der Waals surface area contributed by atoms with E-state index in [1.807, 2.05) is 41.9 Å². The molecular weight excluding hydrogens is 612 g/mol. The molecule has 12 heteroatoms. The minimum Gasteiger partial charge on any atom is -0.493 e. The number of nitrogens with one attached hydrogen (secondary N) is 1. The number of fused-ring (bicyclic) bond motifs is 2. The molecule has 12 nitrogen and oxygen atoms in total. The molecule has 2 aromatic heterocycles. The van der Waals surface area contributed by atoms with Gasteiger partial charge in [-0.25, -0.2) is 4.98 Å². The van der Waals surface area contributed by atoms with Crippen molar-refractivity contribution in [2.45, 2.75) is 25.3 Å². The highest BCUT2D eigenvalue weighted by atomic mass is 16.5. The third-order valence-corrected chi connectivity index (χ3v) is 8.84. The van der Waals surface area contributed by atoms with Crippen molar-refractivity contribution in [2.75, 3.05) is 66.0 Å². The number of hydrogen-bond donors (Lipinski definition) is 1. The number of aryl methyl sites for hydroxylation is 1. The molecule has 0 aliphatic carbocycles. The van der Waals surface area contributed by atoms with Gasteiger partial charge in [0.15, 0.2) is 51.5 Å². The predicted molar refractivity (Wildman–Crippen MR) is 185 cm³/mol. The third-order valence-electron chi connectivity index (χ3n) is 8.84. The minimum atomic E-state index is -0.105. The standard InChI is InChI=1S/C36H42N6O6/c1-41-21-38-33-34(41)39-36(37-14-12-22-8-10-27(43-2)29(17-22)45-4)40-35(33)42-15-13-24-19-31(47-6)32(48-7)20-25(24)26(42)16-23-9-11-28(44-3)30(18-23)46-5/h8-11,17-21,26H,12-16H2,1-7H3,(H,37,39,40). The summed E-state index contributed by atoms with van der Waals surface area (Å²) in [5.74, 6) is 5.45. The molecule has 1 unspecified atom stereocenters. The smallest absolute Gasteiger partial charge is 0.226 e. The van der Waals surface area contributed by atoms with Gasteiger partial charge in [0.2, 0.25) is 5.95 Å². The van der Waals surface area contributed by atoms with E-state index >= 15 is 0 Å². The van der Waals surface area contributed by atoms with Gasteiger partial charge in [-0.15, -0.1) is 0 Å². The van der Waals surface area contributed by atoms with Crippen LogP contribution in [0.25, 0.3) is 11.2 Å². The molecule has 1 aliphatic heterocycles. The first kappa shape index (κ1) is 32.5. The lowest BCUT2D eigenvalue weighted by molar-refractivity contribution is 0.352. The van der Waals surface area contributed by atoms with Crippen LogP contribution < -0.4 is 38.6 Å². The molecule has 0 saturated heterocycles. The largest absolute Gasteiger partial charge is 0.493 e. The second-order valence-corrected chi connectivity index (χ2v) is 11.5. The van der Waals surface area contributed by atoms with Crippen LogP contribution in [0.2, 0.25) is 0 Å². The number of ether oxygens (including phenoxy) is 6. The maximum Gasteiger partial charge on any atom is 0.226 e. The molecule has 0 spiro atoms. The minimum absolute atomic E-state index is 0.105. The van der Waals surface area contributed by atoms with Crippen LogP contribution in [-0.2, 0) is 26.3 Å². The summed E-state index contributed by atoms with van der Waals surface area (Å²) in [5.41, 5.74) is 6.02. The van der Waals surface area contributed by atoms with Gasteiger partial charge in [0.25, 0.3) is 0 Å². The van der Waals surface area contributed by atoms with E-state index in [1.165, 1.54) is 5.56 Å². The highest BCUT2D eigenvalue weighted by Gasteiger charge is 2.33. The monoisotopic (exact) mass is 654 g/mol. The Hall–Kier alpha value is -5.39. The Kier molecular flexibility index (Phi) is 9.60. The van der Waals surface area contributed by atoms with Crippen LogP contribution in [0.3, 0.4) is 0 Å². The highest BCUT2D eigenvalue weighted by Crippen LogP contribution is 2.43. The van der Waals surface area contributed by atoms with Crippen LogP contribution in [0.4, 0.5) is 11.8 Å². The van der Waals surface area contributed by atoms with Crippen molar-refractivity contribution in [1.29, 1.82) is 0 Å². The topological polar surface area (TPSA) is 114 Å². The molecule has 1 atom stereocenters. The Balaban J connectivity index is 1.38. The molecule has 3 aromatic carbocycles. The van der Waals surface area contributed by atoms with Gasteiger partial charge in [-0.2, -0.15) is 9.97 Å². The first-order valence-electron chi connectivity index (χ1n) is 15.8. The lowest BCUT2D eigenvalue weighted by atomic mass is 9.88. The van der Waals surface area contributed by atoms with E-state index in [0.717, 1.165) is 46.5 Å². The van der Waals surface area contributed by atoms with Crippen LogP contribution in [0.5, 0.6) is 34.5 Å². The van der Waals surface area contributed by atoms with Crippen LogP contribution in [-0.4, -0.2) is 75.3 Å². The van der Waals surface area contributed by atoms with Gasteiger partial charge >= 0.3 is 0 Å². The van der Waals surface area contributed by atoms with E-state index in [9.17, 15) is 0 Å². The van der Waals surface area contributed by atoms with Crippen LogP contribution in [0.15, 0.2) is 54.9 Å². The summed E-state index contributed by atoms with van der Waals surface area (Å²) >= 11 is 0. The van der Waals surface area contributed by atoms with Crippen molar-refractivity contribution >= 4 is 22.9 Å². The third kappa shape index (κ3) is 6.29. The van der Waals surface area contributed by atoms with Gasteiger partial charge < -0.3 is 43.2 Å². The first-order valence-corrected chi connectivity index (χ1v) is 15.8. The van der Waals surface area contributed by atoms with Crippen LogP contribution >= 0.6 is 0 Å². The molecule has 0 saturated carbocycles. The molecule has 48 heavy (non-hydrogen) atoms. The van der Waals surface area contributed by atoms with E-state index in [1.54, 1.807) is 49.0 Å². The summed E-state index contributed by atoms with van der Waals surface area (Å²) in [6, 6.07) is 16.1. The molecule has 3 heterocycles. The number of anilines is 2. The first-order chi connectivity index (χ1) is 23.4. The fraction of sp³-hybridized carbons (Fsp3) is 0.361. The van der Waals surface area contributed by atoms with E-state index in [4.69, 9.17) is 43.4 Å². The van der Waals surface area contributed by atoms with Gasteiger partial charge in [-0.3, -0.25) is 0 Å². The number of rotatable bonds is 13. The maximum absolute atomic E-state index is 5.76. The van der Waals surface area contributed by atoms with Crippen LogP contribution in [0, 0.1) is 0 Å². The van der Waals surface area contributed by atoms with Crippen LogP contribution in [0.1, 0.15) is 28.3 Å². The fourth-order valence-electron chi connectivity index (χ4n) is 6.36. The number of hydrogen-bond acceptors (Lipinski definition) is 11. The summed E-state index contributed by atoms with van der Waals surface area (Å²) < 4.78 is 35.4. The number of aromatic nitrogens is 4. The predicted octanol–water partition coefficient (Wildman–Crippen LogP) is 5.42. The molecule has 0 radical (unpaired) electrons. The van der Waals surface area contributed by atoms with Crippen molar-refractivity contribution in [3.8, 4) is 34.5 Å². The Bertz CT molecular complexity index is 1910. The Morgan fingerprint density at radius 3 is 2.00 bits per heavy atom. The normalized spacial score (nSPS) is 14.0. The number of imidazole rings is 1. The second kappa shape index (κ2) is 14.2. The number of benzene rings is 3. The molecule has 6 rings (SSSR count). The molecule has 5 aromatic rings. The fourth-order valence-corrected chi connectivity index (χ4v) is 6.36. The molecule has 0 bridgehead atoms. The Morgan fingerprint density at radius 1 is 0.729 bits per heavy atom. The summed E-state index contributed by atoms with van der Waals surface area (Å²) in [6.45, 7) is 1.33. The molecule has 0 fully saturated rings. The maximum atomic E-state index is 5.76. The SMILES string of the molecule is COc1ccc(CCNc2nc(N3CCc4cc(OC)c(OC)cc4C3Cc3ccc(OC)c(OC)c3)c3ncn(C)c3n2)cc1OC. The quantitative estimate of drug-likeness (QED) is 0.176. The molecule has 0 amide bonds. The van der Waals surface area contributed by atoms with E-state index in [2.05, 4.69) is 28.4 Å². The second-order valence-electron chi connectivity index (χ2n) is 11.5. The summed E-state index contributed by atoms with van der Waals surface area (Å²) in [6.07, 6.45) is 3.98. The van der Waals surface area contributed by atoms with Crippen molar-refractivity contribution < 1.29 is 28.4 Å². The Labute approximate surface area is 280 Å². The van der Waals surface area contributed by atoms with Crippen molar-refractivity contribution in [3.05, 3.63) is 77.1 Å². The average molecular weight is 655 g/mol. The van der Waals surface area contributed by atoms with Crippen molar-refractivity contribution in [1.82, 2.24) is 19.5 Å². The Morgan fingerprint density at radius 2 is 1.33 bits per heavy atom.